The van der Waals surface area contributed by atoms with Gasteiger partial charge in [-0.3, -0.25) is 0 Å². The Labute approximate surface area is 138 Å². The summed E-state index contributed by atoms with van der Waals surface area (Å²) in [6, 6.07) is 9.43. The molecular weight excluding hydrogens is 354 g/mol. The Morgan fingerprint density at radius 3 is 2.67 bits per heavy atom. The Morgan fingerprint density at radius 2 is 2.05 bits per heavy atom. The second kappa shape index (κ2) is 7.66. The van der Waals surface area contributed by atoms with Gasteiger partial charge in [-0.2, -0.15) is 0 Å². The standard InChI is InChI=1S/C16H17BrClNO2/c1-3-4-12-7-11(10-18)8-16(19-12)21-15-6-5-13(20-2)9-14(15)17/h5-9H,3-4,10H2,1-2H3. The van der Waals surface area contributed by atoms with Crippen LogP contribution in [-0.2, 0) is 12.3 Å². The number of aromatic nitrogens is 1. The van der Waals surface area contributed by atoms with Crippen LogP contribution in [0.4, 0.5) is 0 Å². The van der Waals surface area contributed by atoms with E-state index in [0.717, 1.165) is 34.3 Å². The lowest BCUT2D eigenvalue weighted by molar-refractivity contribution is 0.411. The topological polar surface area (TPSA) is 31.4 Å². The lowest BCUT2D eigenvalue weighted by atomic mass is 10.2. The summed E-state index contributed by atoms with van der Waals surface area (Å²) >= 11 is 9.41. The molecule has 0 unspecified atom stereocenters. The largest absolute Gasteiger partial charge is 0.497 e. The van der Waals surface area contributed by atoms with Gasteiger partial charge in [-0.1, -0.05) is 13.3 Å². The van der Waals surface area contributed by atoms with Gasteiger partial charge in [-0.15, -0.1) is 11.6 Å². The van der Waals surface area contributed by atoms with Gasteiger partial charge in [-0.05, 0) is 52.2 Å². The summed E-state index contributed by atoms with van der Waals surface area (Å²) in [5, 5.41) is 0. The second-order valence-corrected chi connectivity index (χ2v) is 5.71. The van der Waals surface area contributed by atoms with Crippen LogP contribution in [0.2, 0.25) is 0 Å². The molecule has 3 nitrogen and oxygen atoms in total. The van der Waals surface area contributed by atoms with E-state index < -0.39 is 0 Å². The monoisotopic (exact) mass is 369 g/mol. The zero-order valence-electron chi connectivity index (χ0n) is 12.0. The maximum absolute atomic E-state index is 5.94. The van der Waals surface area contributed by atoms with Gasteiger partial charge in [-0.25, -0.2) is 4.98 Å². The van der Waals surface area contributed by atoms with Gasteiger partial charge >= 0.3 is 0 Å². The molecule has 1 aromatic heterocycles. The van der Waals surface area contributed by atoms with Crippen LogP contribution in [0.25, 0.3) is 0 Å². The minimum atomic E-state index is 0.444. The smallest absolute Gasteiger partial charge is 0.219 e. The number of hydrogen-bond donors (Lipinski definition) is 0. The fourth-order valence-electron chi connectivity index (χ4n) is 1.94. The van der Waals surface area contributed by atoms with Gasteiger partial charge in [0.1, 0.15) is 11.5 Å². The van der Waals surface area contributed by atoms with Gasteiger partial charge in [0, 0.05) is 17.6 Å². The molecule has 0 bridgehead atoms. The molecule has 1 aromatic carbocycles. The molecule has 5 heteroatoms. The van der Waals surface area contributed by atoms with E-state index in [1.54, 1.807) is 7.11 Å². The second-order valence-electron chi connectivity index (χ2n) is 4.59. The molecule has 0 amide bonds. The summed E-state index contributed by atoms with van der Waals surface area (Å²) < 4.78 is 11.9. The van der Waals surface area contributed by atoms with Crippen LogP contribution < -0.4 is 9.47 Å². The van der Waals surface area contributed by atoms with E-state index in [4.69, 9.17) is 21.1 Å². The number of nitrogens with zero attached hydrogens (tertiary/aromatic N) is 1. The number of halogens is 2. The summed E-state index contributed by atoms with van der Waals surface area (Å²) in [6.07, 6.45) is 1.94. The van der Waals surface area contributed by atoms with Gasteiger partial charge in [0.05, 0.1) is 11.6 Å². The van der Waals surface area contributed by atoms with Gasteiger partial charge in [0.15, 0.2) is 0 Å². The highest BCUT2D eigenvalue weighted by atomic mass is 79.9. The predicted octanol–water partition coefficient (Wildman–Crippen LogP) is 5.34. The molecule has 0 N–H and O–H groups in total. The van der Waals surface area contributed by atoms with E-state index in [0.29, 0.717) is 17.5 Å². The molecule has 21 heavy (non-hydrogen) atoms. The minimum Gasteiger partial charge on any atom is -0.497 e. The molecule has 0 saturated heterocycles. The van der Waals surface area contributed by atoms with E-state index in [9.17, 15) is 0 Å². The Kier molecular flexibility index (Phi) is 5.88. The van der Waals surface area contributed by atoms with E-state index in [-0.39, 0.29) is 0 Å². The van der Waals surface area contributed by atoms with E-state index >= 15 is 0 Å². The van der Waals surface area contributed by atoms with Gasteiger partial charge in [0.2, 0.25) is 5.88 Å². The SMILES string of the molecule is CCCc1cc(CCl)cc(Oc2ccc(OC)cc2Br)n1. The Hall–Kier alpha value is -1.26. The van der Waals surface area contributed by atoms with Gasteiger partial charge < -0.3 is 9.47 Å². The highest BCUT2D eigenvalue weighted by Gasteiger charge is 2.08. The highest BCUT2D eigenvalue weighted by molar-refractivity contribution is 9.10. The third-order valence-electron chi connectivity index (χ3n) is 2.93. The number of methoxy groups -OCH3 is 1. The summed E-state index contributed by atoms with van der Waals surface area (Å²) in [7, 11) is 1.63. The fraction of sp³-hybridized carbons (Fsp3) is 0.312. The van der Waals surface area contributed by atoms with E-state index in [1.165, 1.54) is 0 Å². The van der Waals surface area contributed by atoms with Crippen molar-refractivity contribution in [3.63, 3.8) is 0 Å². The van der Waals surface area contributed by atoms with Crippen molar-refractivity contribution in [2.24, 2.45) is 0 Å². The molecule has 0 atom stereocenters. The quantitative estimate of drug-likeness (QED) is 0.643. The molecule has 0 fully saturated rings. The maximum atomic E-state index is 5.94. The van der Waals surface area contributed by atoms with Crippen LogP contribution in [-0.4, -0.2) is 12.1 Å². The summed E-state index contributed by atoms with van der Waals surface area (Å²) in [5.74, 6) is 2.46. The zero-order valence-corrected chi connectivity index (χ0v) is 14.4. The third kappa shape index (κ3) is 4.35. The number of aryl methyl sites for hydroxylation is 1. The Morgan fingerprint density at radius 1 is 1.24 bits per heavy atom. The molecule has 2 rings (SSSR count). The van der Waals surface area contributed by atoms with E-state index in [1.807, 2.05) is 30.3 Å². The molecule has 0 saturated carbocycles. The number of alkyl halides is 1. The number of hydrogen-bond acceptors (Lipinski definition) is 3. The normalized spacial score (nSPS) is 10.5. The van der Waals surface area contributed by atoms with Crippen molar-refractivity contribution >= 4 is 27.5 Å². The van der Waals surface area contributed by atoms with Crippen molar-refractivity contribution in [1.29, 1.82) is 0 Å². The lowest BCUT2D eigenvalue weighted by Crippen LogP contribution is -1.96. The third-order valence-corrected chi connectivity index (χ3v) is 3.86. The average molecular weight is 371 g/mol. The first kappa shape index (κ1) is 16.1. The van der Waals surface area contributed by atoms with Crippen LogP contribution in [0.5, 0.6) is 17.4 Å². The highest BCUT2D eigenvalue weighted by Crippen LogP contribution is 2.32. The number of pyridine rings is 1. The van der Waals surface area contributed by atoms with Crippen LogP contribution in [0.1, 0.15) is 24.6 Å². The molecule has 112 valence electrons. The lowest BCUT2D eigenvalue weighted by Gasteiger charge is -2.11. The van der Waals surface area contributed by atoms with Crippen molar-refractivity contribution < 1.29 is 9.47 Å². The van der Waals surface area contributed by atoms with Crippen LogP contribution in [0.3, 0.4) is 0 Å². The summed E-state index contributed by atoms with van der Waals surface area (Å²) in [4.78, 5) is 4.52. The van der Waals surface area contributed by atoms with Crippen LogP contribution in [0.15, 0.2) is 34.8 Å². The molecule has 0 aliphatic heterocycles. The molecule has 0 aliphatic rings. The zero-order chi connectivity index (χ0) is 15.2. The molecule has 0 aliphatic carbocycles. The number of ether oxygens (including phenoxy) is 2. The Balaban J connectivity index is 2.27. The average Bonchev–Trinajstić information content (AvgIpc) is 2.49. The predicted molar refractivity (Wildman–Crippen MR) is 88.6 cm³/mol. The number of rotatable bonds is 6. The van der Waals surface area contributed by atoms with Crippen molar-refractivity contribution in [3.8, 4) is 17.4 Å². The van der Waals surface area contributed by atoms with Crippen molar-refractivity contribution in [2.45, 2.75) is 25.6 Å². The van der Waals surface area contributed by atoms with Crippen LogP contribution in [0, 0.1) is 0 Å². The minimum absolute atomic E-state index is 0.444. The number of benzene rings is 1. The maximum Gasteiger partial charge on any atom is 0.219 e. The molecule has 1 heterocycles. The molecule has 0 radical (unpaired) electrons. The first-order valence-electron chi connectivity index (χ1n) is 6.73. The van der Waals surface area contributed by atoms with Crippen LogP contribution >= 0.6 is 27.5 Å². The first-order chi connectivity index (χ1) is 10.2. The van der Waals surface area contributed by atoms with E-state index in [2.05, 4.69) is 27.8 Å². The summed E-state index contributed by atoms with van der Waals surface area (Å²) in [5.41, 5.74) is 2.00. The van der Waals surface area contributed by atoms with Crippen molar-refractivity contribution in [1.82, 2.24) is 4.98 Å². The molecule has 2 aromatic rings. The van der Waals surface area contributed by atoms with Crippen molar-refractivity contribution in [2.75, 3.05) is 7.11 Å². The fourth-order valence-corrected chi connectivity index (χ4v) is 2.53. The first-order valence-corrected chi connectivity index (χ1v) is 8.06. The summed E-state index contributed by atoms with van der Waals surface area (Å²) in [6.45, 7) is 2.12. The van der Waals surface area contributed by atoms with Crippen molar-refractivity contribution in [3.05, 3.63) is 46.1 Å². The molecule has 0 spiro atoms. The van der Waals surface area contributed by atoms with Gasteiger partial charge in [0.25, 0.3) is 0 Å². The Bertz CT molecular complexity index is 619. The molecular formula is C16H17BrClNO2.